The van der Waals surface area contributed by atoms with E-state index in [1.54, 1.807) is 0 Å². The summed E-state index contributed by atoms with van der Waals surface area (Å²) in [7, 11) is 0. The van der Waals surface area contributed by atoms with Crippen LogP contribution < -0.4 is 5.32 Å². The molecule has 0 aliphatic rings. The van der Waals surface area contributed by atoms with Gasteiger partial charge in [0.15, 0.2) is 0 Å². The Hall–Kier alpha value is -2.28. The standard InChI is InChI=1S/C14H15N5OS/c1-8-5-4-6-19-11(9(2)15-13(8)19)7-12(20)16-14-18-17-10(3)21-14/h4-6H,7H2,1-3H3,(H,16,18,20). The Morgan fingerprint density at radius 2 is 2.14 bits per heavy atom. The molecule has 6 nitrogen and oxygen atoms in total. The Bertz CT molecular complexity index is 820. The summed E-state index contributed by atoms with van der Waals surface area (Å²) in [5, 5.41) is 11.9. The first-order valence-electron chi connectivity index (χ1n) is 6.57. The van der Waals surface area contributed by atoms with Crippen LogP contribution in [0, 0.1) is 20.8 Å². The van der Waals surface area contributed by atoms with E-state index in [4.69, 9.17) is 0 Å². The minimum Gasteiger partial charge on any atom is -0.303 e. The van der Waals surface area contributed by atoms with E-state index in [0.717, 1.165) is 27.6 Å². The molecule has 0 radical (unpaired) electrons. The molecule has 7 heteroatoms. The van der Waals surface area contributed by atoms with Crippen LogP contribution in [-0.2, 0) is 11.2 Å². The van der Waals surface area contributed by atoms with Gasteiger partial charge in [-0.25, -0.2) is 4.98 Å². The van der Waals surface area contributed by atoms with E-state index in [9.17, 15) is 4.79 Å². The first-order valence-corrected chi connectivity index (χ1v) is 7.39. The largest absolute Gasteiger partial charge is 0.303 e. The van der Waals surface area contributed by atoms with E-state index in [2.05, 4.69) is 20.5 Å². The zero-order valence-electron chi connectivity index (χ0n) is 12.0. The predicted octanol–water partition coefficient (Wildman–Crippen LogP) is 2.29. The summed E-state index contributed by atoms with van der Waals surface area (Å²) in [6, 6.07) is 3.97. The van der Waals surface area contributed by atoms with Crippen LogP contribution in [0.15, 0.2) is 18.3 Å². The van der Waals surface area contributed by atoms with Gasteiger partial charge in [0.05, 0.1) is 17.8 Å². The van der Waals surface area contributed by atoms with Gasteiger partial charge in [0.1, 0.15) is 10.7 Å². The highest BCUT2D eigenvalue weighted by molar-refractivity contribution is 7.15. The minimum atomic E-state index is -0.113. The van der Waals surface area contributed by atoms with E-state index in [-0.39, 0.29) is 12.3 Å². The maximum absolute atomic E-state index is 12.2. The third-order valence-corrected chi connectivity index (χ3v) is 4.00. The fraction of sp³-hybridized carbons (Fsp3) is 0.286. The second-order valence-corrected chi connectivity index (χ2v) is 6.06. The number of amides is 1. The first kappa shape index (κ1) is 13.7. The van der Waals surface area contributed by atoms with Crippen molar-refractivity contribution in [3.8, 4) is 0 Å². The summed E-state index contributed by atoms with van der Waals surface area (Å²) in [4.78, 5) is 16.7. The van der Waals surface area contributed by atoms with E-state index in [0.29, 0.717) is 5.13 Å². The monoisotopic (exact) mass is 301 g/mol. The molecule has 0 bridgehead atoms. The van der Waals surface area contributed by atoms with Crippen LogP contribution in [0.3, 0.4) is 0 Å². The Morgan fingerprint density at radius 1 is 1.33 bits per heavy atom. The number of anilines is 1. The number of rotatable bonds is 3. The van der Waals surface area contributed by atoms with Gasteiger partial charge >= 0.3 is 0 Å². The van der Waals surface area contributed by atoms with Crippen LogP contribution in [0.4, 0.5) is 5.13 Å². The normalized spacial score (nSPS) is 11.0. The van der Waals surface area contributed by atoms with Crippen molar-refractivity contribution in [3.05, 3.63) is 40.3 Å². The highest BCUT2D eigenvalue weighted by Gasteiger charge is 2.14. The fourth-order valence-electron chi connectivity index (χ4n) is 2.24. The van der Waals surface area contributed by atoms with Crippen molar-refractivity contribution >= 4 is 28.0 Å². The van der Waals surface area contributed by atoms with Gasteiger partial charge in [-0.3, -0.25) is 4.79 Å². The van der Waals surface area contributed by atoms with E-state index in [1.807, 2.05) is 43.5 Å². The highest BCUT2D eigenvalue weighted by atomic mass is 32.1. The van der Waals surface area contributed by atoms with E-state index in [1.165, 1.54) is 11.3 Å². The summed E-state index contributed by atoms with van der Waals surface area (Å²) in [6.45, 7) is 5.78. The number of carbonyl (C=O) groups is 1. The van der Waals surface area contributed by atoms with Crippen molar-refractivity contribution in [2.75, 3.05) is 5.32 Å². The maximum atomic E-state index is 12.2. The lowest BCUT2D eigenvalue weighted by atomic mass is 10.2. The predicted molar refractivity (Wildman–Crippen MR) is 81.6 cm³/mol. The van der Waals surface area contributed by atoms with Crippen LogP contribution in [-0.4, -0.2) is 25.5 Å². The van der Waals surface area contributed by atoms with Gasteiger partial charge in [-0.1, -0.05) is 17.4 Å². The second-order valence-electron chi connectivity index (χ2n) is 4.88. The number of fused-ring (bicyclic) bond motifs is 1. The molecular formula is C14H15N5OS. The van der Waals surface area contributed by atoms with Crippen molar-refractivity contribution < 1.29 is 4.79 Å². The molecule has 0 aliphatic heterocycles. The summed E-state index contributed by atoms with van der Waals surface area (Å²) in [5.74, 6) is -0.113. The number of nitrogens with one attached hydrogen (secondary N) is 1. The Kier molecular flexibility index (Phi) is 3.42. The summed E-state index contributed by atoms with van der Waals surface area (Å²) >= 11 is 1.36. The summed E-state index contributed by atoms with van der Waals surface area (Å²) in [5.41, 5.74) is 3.75. The molecule has 21 heavy (non-hydrogen) atoms. The number of hydrogen-bond donors (Lipinski definition) is 1. The lowest BCUT2D eigenvalue weighted by Gasteiger charge is -2.04. The van der Waals surface area contributed by atoms with Crippen molar-refractivity contribution in [1.82, 2.24) is 19.6 Å². The van der Waals surface area contributed by atoms with Crippen molar-refractivity contribution in [2.45, 2.75) is 27.2 Å². The van der Waals surface area contributed by atoms with Gasteiger partial charge in [-0.15, -0.1) is 10.2 Å². The molecule has 3 heterocycles. The molecule has 108 valence electrons. The quantitative estimate of drug-likeness (QED) is 0.805. The third kappa shape index (κ3) is 2.64. The number of hydrogen-bond acceptors (Lipinski definition) is 5. The first-order chi connectivity index (χ1) is 10.0. The van der Waals surface area contributed by atoms with Crippen molar-refractivity contribution in [3.63, 3.8) is 0 Å². The third-order valence-electron chi connectivity index (χ3n) is 3.24. The van der Waals surface area contributed by atoms with Crippen LogP contribution in [0.1, 0.15) is 22.0 Å². The van der Waals surface area contributed by atoms with E-state index >= 15 is 0 Å². The summed E-state index contributed by atoms with van der Waals surface area (Å²) in [6.07, 6.45) is 2.19. The topological polar surface area (TPSA) is 72.2 Å². The van der Waals surface area contributed by atoms with Crippen molar-refractivity contribution in [2.24, 2.45) is 0 Å². The van der Waals surface area contributed by atoms with Crippen LogP contribution >= 0.6 is 11.3 Å². The molecular weight excluding hydrogens is 286 g/mol. The zero-order chi connectivity index (χ0) is 15.0. The molecule has 0 saturated carbocycles. The molecule has 0 atom stereocenters. The number of pyridine rings is 1. The maximum Gasteiger partial charge on any atom is 0.232 e. The fourth-order valence-corrected chi connectivity index (χ4v) is 2.85. The molecule has 3 aromatic heterocycles. The van der Waals surface area contributed by atoms with E-state index < -0.39 is 0 Å². The Morgan fingerprint density at radius 3 is 2.86 bits per heavy atom. The molecule has 1 amide bonds. The lowest BCUT2D eigenvalue weighted by Crippen LogP contribution is -2.16. The van der Waals surface area contributed by atoms with Gasteiger partial charge < -0.3 is 9.72 Å². The molecule has 3 rings (SSSR count). The highest BCUT2D eigenvalue weighted by Crippen LogP contribution is 2.17. The Balaban J connectivity index is 1.86. The number of nitrogens with zero attached hydrogens (tertiary/aromatic N) is 4. The molecule has 0 unspecified atom stereocenters. The van der Waals surface area contributed by atoms with Gasteiger partial charge in [0.2, 0.25) is 11.0 Å². The number of aryl methyl sites for hydroxylation is 3. The lowest BCUT2D eigenvalue weighted by molar-refractivity contribution is -0.115. The Labute approximate surface area is 125 Å². The van der Waals surface area contributed by atoms with Crippen LogP contribution in [0.5, 0.6) is 0 Å². The van der Waals surface area contributed by atoms with Crippen molar-refractivity contribution in [1.29, 1.82) is 0 Å². The van der Waals surface area contributed by atoms with Gasteiger partial charge in [-0.2, -0.15) is 0 Å². The van der Waals surface area contributed by atoms with Crippen LogP contribution in [0.2, 0.25) is 0 Å². The number of imidazole rings is 1. The average Bonchev–Trinajstić information content (AvgIpc) is 2.96. The zero-order valence-corrected chi connectivity index (χ0v) is 12.9. The molecule has 0 fully saturated rings. The smallest absolute Gasteiger partial charge is 0.232 e. The molecule has 0 aliphatic carbocycles. The van der Waals surface area contributed by atoms with Crippen LogP contribution in [0.25, 0.3) is 5.65 Å². The van der Waals surface area contributed by atoms with Gasteiger partial charge in [0, 0.05) is 6.20 Å². The molecule has 0 spiro atoms. The molecule has 0 saturated heterocycles. The summed E-state index contributed by atoms with van der Waals surface area (Å²) < 4.78 is 1.97. The molecule has 1 N–H and O–H groups in total. The SMILES string of the molecule is Cc1nnc(NC(=O)Cc2c(C)nc3c(C)cccn23)s1. The van der Waals surface area contributed by atoms with Gasteiger partial charge in [-0.05, 0) is 32.4 Å². The number of carbonyl (C=O) groups excluding carboxylic acids is 1. The van der Waals surface area contributed by atoms with Gasteiger partial charge in [0.25, 0.3) is 0 Å². The minimum absolute atomic E-state index is 0.113. The molecule has 0 aromatic carbocycles. The average molecular weight is 301 g/mol. The molecule has 3 aromatic rings. The second kappa shape index (κ2) is 5.25. The number of aromatic nitrogens is 4.